The number of aryl methyl sites for hydroxylation is 2. The zero-order valence-electron chi connectivity index (χ0n) is 10.4. The fourth-order valence-electron chi connectivity index (χ4n) is 1.89. The van der Waals surface area contributed by atoms with Gasteiger partial charge in [-0.1, -0.05) is 29.8 Å². The molecule has 1 nitrogen and oxygen atoms in total. The first-order valence-electron chi connectivity index (χ1n) is 5.82. The molecular formula is C15H15Br2N. The lowest BCUT2D eigenvalue weighted by Crippen LogP contribution is -2.02. The highest BCUT2D eigenvalue weighted by Gasteiger charge is 2.05. The molecule has 0 aliphatic carbocycles. The van der Waals surface area contributed by atoms with Crippen LogP contribution in [0.25, 0.3) is 0 Å². The van der Waals surface area contributed by atoms with Crippen LogP contribution in [0, 0.1) is 13.8 Å². The van der Waals surface area contributed by atoms with Gasteiger partial charge >= 0.3 is 0 Å². The second-order valence-electron chi connectivity index (χ2n) is 4.38. The SMILES string of the molecule is Cc1ccc(CNc2c(Br)cccc2Br)c(C)c1. The van der Waals surface area contributed by atoms with E-state index in [-0.39, 0.29) is 0 Å². The van der Waals surface area contributed by atoms with Crippen molar-refractivity contribution in [1.82, 2.24) is 0 Å². The van der Waals surface area contributed by atoms with Crippen LogP contribution in [-0.2, 0) is 6.54 Å². The molecule has 18 heavy (non-hydrogen) atoms. The number of nitrogens with one attached hydrogen (secondary N) is 1. The lowest BCUT2D eigenvalue weighted by molar-refractivity contribution is 1.11. The van der Waals surface area contributed by atoms with Gasteiger partial charge < -0.3 is 5.32 Å². The van der Waals surface area contributed by atoms with Crippen molar-refractivity contribution in [3.63, 3.8) is 0 Å². The van der Waals surface area contributed by atoms with E-state index in [1.165, 1.54) is 16.7 Å². The van der Waals surface area contributed by atoms with Crippen molar-refractivity contribution in [3.05, 3.63) is 62.0 Å². The molecule has 2 rings (SSSR count). The third kappa shape index (κ3) is 3.15. The molecule has 2 aromatic carbocycles. The standard InChI is InChI=1S/C15H15Br2N/c1-10-6-7-12(11(2)8-10)9-18-15-13(16)4-3-5-14(15)17/h3-8,18H,9H2,1-2H3. The third-order valence-electron chi connectivity index (χ3n) is 2.92. The second-order valence-corrected chi connectivity index (χ2v) is 6.09. The Balaban J connectivity index is 2.16. The Bertz CT molecular complexity index is 544. The van der Waals surface area contributed by atoms with Gasteiger partial charge in [0.15, 0.2) is 0 Å². The minimum Gasteiger partial charge on any atom is -0.379 e. The molecule has 3 heteroatoms. The van der Waals surface area contributed by atoms with Gasteiger partial charge in [0.25, 0.3) is 0 Å². The normalized spacial score (nSPS) is 10.4. The molecule has 0 fully saturated rings. The first kappa shape index (κ1) is 13.6. The zero-order chi connectivity index (χ0) is 13.1. The molecule has 0 bridgehead atoms. The summed E-state index contributed by atoms with van der Waals surface area (Å²) >= 11 is 7.12. The average Bonchev–Trinajstić information content (AvgIpc) is 2.31. The van der Waals surface area contributed by atoms with Crippen molar-refractivity contribution >= 4 is 37.5 Å². The Hall–Kier alpha value is -0.800. The lowest BCUT2D eigenvalue weighted by Gasteiger charge is -2.12. The van der Waals surface area contributed by atoms with E-state index < -0.39 is 0 Å². The Morgan fingerprint density at radius 1 is 1.00 bits per heavy atom. The van der Waals surface area contributed by atoms with E-state index in [2.05, 4.69) is 69.2 Å². The van der Waals surface area contributed by atoms with E-state index in [4.69, 9.17) is 0 Å². The molecule has 0 spiro atoms. The van der Waals surface area contributed by atoms with Crippen LogP contribution in [0.3, 0.4) is 0 Å². The average molecular weight is 369 g/mol. The van der Waals surface area contributed by atoms with Gasteiger partial charge in [0.1, 0.15) is 0 Å². The van der Waals surface area contributed by atoms with Crippen molar-refractivity contribution in [1.29, 1.82) is 0 Å². The molecule has 0 aromatic heterocycles. The highest BCUT2D eigenvalue weighted by Crippen LogP contribution is 2.31. The van der Waals surface area contributed by atoms with Crippen LogP contribution in [0.1, 0.15) is 16.7 Å². The molecule has 0 atom stereocenters. The van der Waals surface area contributed by atoms with Gasteiger partial charge in [-0.25, -0.2) is 0 Å². The number of para-hydroxylation sites is 1. The first-order valence-corrected chi connectivity index (χ1v) is 7.40. The smallest absolute Gasteiger partial charge is 0.0631 e. The third-order valence-corrected chi connectivity index (χ3v) is 4.24. The predicted octanol–water partition coefficient (Wildman–Crippen LogP) is 5.44. The van der Waals surface area contributed by atoms with Gasteiger partial charge in [-0.05, 0) is 69.0 Å². The molecule has 0 aliphatic heterocycles. The maximum atomic E-state index is 3.56. The van der Waals surface area contributed by atoms with Crippen molar-refractivity contribution in [3.8, 4) is 0 Å². The molecule has 2 aromatic rings. The maximum absolute atomic E-state index is 3.56. The molecule has 0 unspecified atom stereocenters. The number of anilines is 1. The van der Waals surface area contributed by atoms with Crippen LogP contribution >= 0.6 is 31.9 Å². The first-order chi connectivity index (χ1) is 8.58. The largest absolute Gasteiger partial charge is 0.379 e. The van der Waals surface area contributed by atoms with Crippen molar-refractivity contribution in [2.75, 3.05) is 5.32 Å². The van der Waals surface area contributed by atoms with Crippen molar-refractivity contribution < 1.29 is 0 Å². The molecular weight excluding hydrogens is 354 g/mol. The summed E-state index contributed by atoms with van der Waals surface area (Å²) in [4.78, 5) is 0. The molecule has 0 amide bonds. The summed E-state index contributed by atoms with van der Waals surface area (Å²) in [5.41, 5.74) is 5.05. The van der Waals surface area contributed by atoms with Crippen LogP contribution in [0.5, 0.6) is 0 Å². The highest BCUT2D eigenvalue weighted by molar-refractivity contribution is 9.11. The van der Waals surface area contributed by atoms with Crippen LogP contribution in [0.4, 0.5) is 5.69 Å². The maximum Gasteiger partial charge on any atom is 0.0631 e. The quantitative estimate of drug-likeness (QED) is 0.760. The Morgan fingerprint density at radius 3 is 2.28 bits per heavy atom. The fourth-order valence-corrected chi connectivity index (χ4v) is 3.17. The summed E-state index contributed by atoms with van der Waals surface area (Å²) in [6.45, 7) is 5.10. The van der Waals surface area contributed by atoms with Gasteiger partial charge in [-0.3, -0.25) is 0 Å². The zero-order valence-corrected chi connectivity index (χ0v) is 13.6. The minimum absolute atomic E-state index is 0.827. The number of benzene rings is 2. The number of halogens is 2. The van der Waals surface area contributed by atoms with E-state index in [1.54, 1.807) is 0 Å². The van der Waals surface area contributed by atoms with Crippen molar-refractivity contribution in [2.24, 2.45) is 0 Å². The van der Waals surface area contributed by atoms with Crippen molar-refractivity contribution in [2.45, 2.75) is 20.4 Å². The Labute approximate surface area is 125 Å². The Kier molecular flexibility index (Phi) is 4.46. The fraction of sp³-hybridized carbons (Fsp3) is 0.200. The predicted molar refractivity (Wildman–Crippen MR) is 85.1 cm³/mol. The van der Waals surface area contributed by atoms with Crippen LogP contribution < -0.4 is 5.32 Å². The van der Waals surface area contributed by atoms with Gasteiger partial charge in [0, 0.05) is 15.5 Å². The minimum atomic E-state index is 0.827. The summed E-state index contributed by atoms with van der Waals surface area (Å²) in [5, 5.41) is 3.46. The van der Waals surface area contributed by atoms with E-state index in [0.29, 0.717) is 0 Å². The second kappa shape index (κ2) is 5.89. The van der Waals surface area contributed by atoms with Crippen LogP contribution in [0.15, 0.2) is 45.3 Å². The molecule has 0 saturated carbocycles. The Morgan fingerprint density at radius 2 is 1.67 bits per heavy atom. The summed E-state index contributed by atoms with van der Waals surface area (Å²) in [6.07, 6.45) is 0. The monoisotopic (exact) mass is 367 g/mol. The van der Waals surface area contributed by atoms with E-state index in [1.807, 2.05) is 18.2 Å². The topological polar surface area (TPSA) is 12.0 Å². The number of hydrogen-bond acceptors (Lipinski definition) is 1. The molecule has 0 radical (unpaired) electrons. The summed E-state index contributed by atoms with van der Waals surface area (Å²) in [6, 6.07) is 12.6. The van der Waals surface area contributed by atoms with E-state index in [9.17, 15) is 0 Å². The number of rotatable bonds is 3. The van der Waals surface area contributed by atoms with Gasteiger partial charge in [-0.15, -0.1) is 0 Å². The lowest BCUT2D eigenvalue weighted by atomic mass is 10.1. The molecule has 0 saturated heterocycles. The molecule has 0 aliphatic rings. The van der Waals surface area contributed by atoms with Crippen LogP contribution in [-0.4, -0.2) is 0 Å². The molecule has 0 heterocycles. The molecule has 1 N–H and O–H groups in total. The molecule has 94 valence electrons. The number of hydrogen-bond donors (Lipinski definition) is 1. The van der Waals surface area contributed by atoms with E-state index in [0.717, 1.165) is 21.2 Å². The summed E-state index contributed by atoms with van der Waals surface area (Å²) in [5.74, 6) is 0. The summed E-state index contributed by atoms with van der Waals surface area (Å²) < 4.78 is 2.14. The van der Waals surface area contributed by atoms with Gasteiger partial charge in [0.2, 0.25) is 0 Å². The van der Waals surface area contributed by atoms with Gasteiger partial charge in [-0.2, -0.15) is 0 Å². The highest BCUT2D eigenvalue weighted by atomic mass is 79.9. The van der Waals surface area contributed by atoms with Gasteiger partial charge in [0.05, 0.1) is 5.69 Å². The van der Waals surface area contributed by atoms with E-state index >= 15 is 0 Å². The summed E-state index contributed by atoms with van der Waals surface area (Å²) in [7, 11) is 0. The van der Waals surface area contributed by atoms with Crippen LogP contribution in [0.2, 0.25) is 0 Å².